The quantitative estimate of drug-likeness (QED) is 0.796. The highest BCUT2D eigenvalue weighted by atomic mass is 32.2. The van der Waals surface area contributed by atoms with Crippen molar-refractivity contribution in [2.45, 2.75) is 58.0 Å². The van der Waals surface area contributed by atoms with Crippen LogP contribution >= 0.6 is 0 Å². The average molecular weight is 373 g/mol. The first-order valence-corrected chi connectivity index (χ1v) is 10.6. The van der Waals surface area contributed by atoms with Gasteiger partial charge in [0.05, 0.1) is 16.3 Å². The molecule has 0 aromatic heterocycles. The Kier molecular flexibility index (Phi) is 5.02. The third kappa shape index (κ3) is 3.32. The molecule has 0 radical (unpaired) electrons. The SMILES string of the molecule is Cc1ccc(S(=O)(=O)N2CC[C@@H](C)N(C(C)C)c3cc(C)ccc32)cc1. The van der Waals surface area contributed by atoms with Gasteiger partial charge in [-0.2, -0.15) is 0 Å². The van der Waals surface area contributed by atoms with Crippen molar-refractivity contribution in [3.63, 3.8) is 0 Å². The molecule has 1 aliphatic heterocycles. The predicted molar refractivity (Wildman–Crippen MR) is 109 cm³/mol. The summed E-state index contributed by atoms with van der Waals surface area (Å²) in [6, 6.07) is 13.7. The Balaban J connectivity index is 2.16. The molecule has 0 aliphatic carbocycles. The number of sulfonamides is 1. The molecule has 140 valence electrons. The lowest BCUT2D eigenvalue weighted by Gasteiger charge is -2.34. The Bertz CT molecular complexity index is 889. The highest BCUT2D eigenvalue weighted by molar-refractivity contribution is 7.92. The summed E-state index contributed by atoms with van der Waals surface area (Å²) in [5.74, 6) is 0. The average Bonchev–Trinajstić information content (AvgIpc) is 2.71. The van der Waals surface area contributed by atoms with Crippen LogP contribution in [0.15, 0.2) is 47.4 Å². The van der Waals surface area contributed by atoms with Gasteiger partial charge in [0.2, 0.25) is 0 Å². The van der Waals surface area contributed by atoms with E-state index < -0.39 is 10.0 Å². The van der Waals surface area contributed by atoms with Gasteiger partial charge >= 0.3 is 0 Å². The van der Waals surface area contributed by atoms with Gasteiger partial charge in [0.15, 0.2) is 0 Å². The highest BCUT2D eigenvalue weighted by Gasteiger charge is 2.33. The first kappa shape index (κ1) is 18.8. The van der Waals surface area contributed by atoms with Gasteiger partial charge in [0.25, 0.3) is 10.0 Å². The molecule has 0 N–H and O–H groups in total. The van der Waals surface area contributed by atoms with Crippen molar-refractivity contribution < 1.29 is 8.42 Å². The zero-order valence-electron chi connectivity index (χ0n) is 16.2. The van der Waals surface area contributed by atoms with E-state index in [0.717, 1.165) is 28.9 Å². The van der Waals surface area contributed by atoms with Crippen LogP contribution in [0.5, 0.6) is 0 Å². The van der Waals surface area contributed by atoms with Crippen LogP contribution in [0.2, 0.25) is 0 Å². The number of hydrogen-bond donors (Lipinski definition) is 0. The van der Waals surface area contributed by atoms with Crippen molar-refractivity contribution >= 4 is 21.4 Å². The summed E-state index contributed by atoms with van der Waals surface area (Å²) in [5, 5.41) is 0. The van der Waals surface area contributed by atoms with Gasteiger partial charge in [0.1, 0.15) is 0 Å². The second-order valence-electron chi connectivity index (χ2n) is 7.52. The van der Waals surface area contributed by atoms with Gasteiger partial charge in [0, 0.05) is 18.6 Å². The number of anilines is 2. The van der Waals surface area contributed by atoms with E-state index in [2.05, 4.69) is 31.7 Å². The Labute approximate surface area is 157 Å². The van der Waals surface area contributed by atoms with Gasteiger partial charge in [-0.25, -0.2) is 8.42 Å². The number of fused-ring (bicyclic) bond motifs is 1. The molecule has 0 saturated heterocycles. The predicted octanol–water partition coefficient (Wildman–Crippen LogP) is 4.51. The molecular formula is C21H28N2O2S. The maximum Gasteiger partial charge on any atom is 0.264 e. The highest BCUT2D eigenvalue weighted by Crippen LogP contribution is 2.39. The lowest BCUT2D eigenvalue weighted by atomic mass is 10.1. The summed E-state index contributed by atoms with van der Waals surface area (Å²) in [5.41, 5.74) is 3.96. The molecule has 26 heavy (non-hydrogen) atoms. The molecule has 5 heteroatoms. The summed E-state index contributed by atoms with van der Waals surface area (Å²) in [6.45, 7) is 11.0. The molecular weight excluding hydrogens is 344 g/mol. The molecule has 2 aromatic rings. The number of benzene rings is 2. The van der Waals surface area contributed by atoms with Crippen LogP contribution < -0.4 is 9.21 Å². The second kappa shape index (κ2) is 6.95. The largest absolute Gasteiger partial charge is 0.365 e. The van der Waals surface area contributed by atoms with Crippen LogP contribution in [0.25, 0.3) is 0 Å². The monoisotopic (exact) mass is 372 g/mol. The standard InChI is InChI=1S/C21H28N2O2S/c1-15(2)23-18(5)12-13-22(20-11-8-17(4)14-21(20)23)26(24,25)19-9-6-16(3)7-10-19/h6-11,14-15,18H,12-13H2,1-5H3/t18-/m1/s1. The Morgan fingerprint density at radius 2 is 1.58 bits per heavy atom. The van der Waals surface area contributed by atoms with Crippen LogP contribution in [0.4, 0.5) is 11.4 Å². The minimum absolute atomic E-state index is 0.272. The molecule has 0 amide bonds. The fourth-order valence-corrected chi connectivity index (χ4v) is 5.22. The van der Waals surface area contributed by atoms with Crippen LogP contribution in [0.1, 0.15) is 38.3 Å². The van der Waals surface area contributed by atoms with E-state index in [1.807, 2.05) is 38.1 Å². The Morgan fingerprint density at radius 1 is 0.962 bits per heavy atom. The number of rotatable bonds is 3. The van der Waals surface area contributed by atoms with Gasteiger partial charge in [-0.15, -0.1) is 0 Å². The lowest BCUT2D eigenvalue weighted by Crippen LogP contribution is -2.38. The molecule has 1 aliphatic rings. The Hall–Kier alpha value is -2.01. The van der Waals surface area contributed by atoms with E-state index in [9.17, 15) is 8.42 Å². The molecule has 0 fully saturated rings. The maximum absolute atomic E-state index is 13.4. The lowest BCUT2D eigenvalue weighted by molar-refractivity contribution is 0.553. The van der Waals surface area contributed by atoms with Gasteiger partial charge < -0.3 is 4.90 Å². The summed E-state index contributed by atoms with van der Waals surface area (Å²) in [7, 11) is -3.59. The van der Waals surface area contributed by atoms with Crippen LogP contribution in [-0.4, -0.2) is 27.0 Å². The number of hydrogen-bond acceptors (Lipinski definition) is 3. The van der Waals surface area contributed by atoms with Crippen LogP contribution in [-0.2, 0) is 10.0 Å². The van der Waals surface area contributed by atoms with E-state index in [4.69, 9.17) is 0 Å². The fourth-order valence-electron chi connectivity index (χ4n) is 3.73. The zero-order valence-corrected chi connectivity index (χ0v) is 17.0. The molecule has 0 saturated carbocycles. The van der Waals surface area contributed by atoms with Gasteiger partial charge in [-0.1, -0.05) is 23.8 Å². The molecule has 0 bridgehead atoms. The Morgan fingerprint density at radius 3 is 2.19 bits per heavy atom. The topological polar surface area (TPSA) is 40.6 Å². The van der Waals surface area contributed by atoms with E-state index >= 15 is 0 Å². The summed E-state index contributed by atoms with van der Waals surface area (Å²) < 4.78 is 28.4. The number of nitrogens with zero attached hydrogens (tertiary/aromatic N) is 2. The summed E-state index contributed by atoms with van der Waals surface area (Å²) in [6.07, 6.45) is 0.789. The number of aryl methyl sites for hydroxylation is 2. The molecule has 1 heterocycles. The summed E-state index contributed by atoms with van der Waals surface area (Å²) >= 11 is 0. The smallest absolute Gasteiger partial charge is 0.264 e. The molecule has 0 unspecified atom stereocenters. The molecule has 0 spiro atoms. The molecule has 4 nitrogen and oxygen atoms in total. The fraction of sp³-hybridized carbons (Fsp3) is 0.429. The molecule has 3 rings (SSSR count). The molecule has 2 aromatic carbocycles. The van der Waals surface area contributed by atoms with Crippen molar-refractivity contribution in [1.29, 1.82) is 0 Å². The van der Waals surface area contributed by atoms with E-state index in [1.54, 1.807) is 16.4 Å². The summed E-state index contributed by atoms with van der Waals surface area (Å²) in [4.78, 5) is 2.69. The first-order chi connectivity index (χ1) is 12.2. The first-order valence-electron chi connectivity index (χ1n) is 9.20. The normalized spacial score (nSPS) is 18.0. The zero-order chi connectivity index (χ0) is 19.1. The van der Waals surface area contributed by atoms with Crippen LogP contribution in [0, 0.1) is 13.8 Å². The molecule has 1 atom stereocenters. The van der Waals surface area contributed by atoms with Crippen molar-refractivity contribution in [3.05, 3.63) is 53.6 Å². The van der Waals surface area contributed by atoms with Crippen molar-refractivity contribution in [3.8, 4) is 0 Å². The van der Waals surface area contributed by atoms with Gasteiger partial charge in [-0.05, 0) is 70.9 Å². The third-order valence-corrected chi connectivity index (χ3v) is 6.90. The van der Waals surface area contributed by atoms with E-state index in [-0.39, 0.29) is 6.04 Å². The van der Waals surface area contributed by atoms with E-state index in [0.29, 0.717) is 17.5 Å². The minimum Gasteiger partial charge on any atom is -0.365 e. The van der Waals surface area contributed by atoms with Crippen molar-refractivity contribution in [1.82, 2.24) is 0 Å². The minimum atomic E-state index is -3.59. The second-order valence-corrected chi connectivity index (χ2v) is 9.38. The van der Waals surface area contributed by atoms with E-state index in [1.165, 1.54) is 0 Å². The van der Waals surface area contributed by atoms with Crippen LogP contribution in [0.3, 0.4) is 0 Å². The van der Waals surface area contributed by atoms with Crippen molar-refractivity contribution in [2.75, 3.05) is 15.7 Å². The van der Waals surface area contributed by atoms with Crippen molar-refractivity contribution in [2.24, 2.45) is 0 Å². The third-order valence-electron chi connectivity index (χ3n) is 5.07. The maximum atomic E-state index is 13.4. The van der Waals surface area contributed by atoms with Gasteiger partial charge in [-0.3, -0.25) is 4.31 Å².